The molecule has 0 N–H and O–H groups in total. The third-order valence-corrected chi connectivity index (χ3v) is 7.27. The third kappa shape index (κ3) is 5.32. The summed E-state index contributed by atoms with van der Waals surface area (Å²) in [5.74, 6) is 0.740. The van der Waals surface area contributed by atoms with Gasteiger partial charge >= 0.3 is 0 Å². The van der Waals surface area contributed by atoms with E-state index in [1.807, 2.05) is 30.2 Å². The Balaban J connectivity index is 1.36. The van der Waals surface area contributed by atoms with Gasteiger partial charge in [-0.2, -0.15) is 0 Å². The lowest BCUT2D eigenvalue weighted by Gasteiger charge is -2.34. The highest BCUT2D eigenvalue weighted by atomic mass is 16.5. The molecule has 0 aliphatic carbocycles. The second-order valence-corrected chi connectivity index (χ2v) is 9.93. The monoisotopic (exact) mass is 494 g/mol. The van der Waals surface area contributed by atoms with Crippen molar-refractivity contribution in [2.75, 3.05) is 33.3 Å². The standard InChI is InChI=1S/C32H34N2O3/c1-22-10-11-26(23(2)16-22)29-21-37-31-19-30(36-4)27(18-28(29)31)24(3)17-32(35)34-14-12-33(13-15-34)20-25-8-6-5-7-9-25/h5-11,16-19,21H,12-15,20H2,1-4H3/b24-17+. The molecule has 190 valence electrons. The van der Waals surface area contributed by atoms with Crippen molar-refractivity contribution in [3.63, 3.8) is 0 Å². The van der Waals surface area contributed by atoms with Crippen LogP contribution in [-0.2, 0) is 11.3 Å². The fourth-order valence-electron chi connectivity index (χ4n) is 5.18. The zero-order valence-corrected chi connectivity index (χ0v) is 22.1. The minimum atomic E-state index is 0.0424. The molecule has 1 saturated heterocycles. The summed E-state index contributed by atoms with van der Waals surface area (Å²) in [4.78, 5) is 17.5. The minimum absolute atomic E-state index is 0.0424. The van der Waals surface area contributed by atoms with Crippen LogP contribution in [0.3, 0.4) is 0 Å². The average molecular weight is 495 g/mol. The number of furan rings is 1. The van der Waals surface area contributed by atoms with Gasteiger partial charge in [-0.3, -0.25) is 9.69 Å². The van der Waals surface area contributed by atoms with Gasteiger partial charge in [-0.1, -0.05) is 54.1 Å². The zero-order chi connectivity index (χ0) is 25.9. The maximum absolute atomic E-state index is 13.2. The summed E-state index contributed by atoms with van der Waals surface area (Å²) in [5.41, 5.74) is 8.48. The van der Waals surface area contributed by atoms with Crippen LogP contribution >= 0.6 is 0 Å². The van der Waals surface area contributed by atoms with E-state index in [2.05, 4.69) is 67.3 Å². The number of carbonyl (C=O) groups excluding carboxylic acids is 1. The number of nitrogens with zero attached hydrogens (tertiary/aromatic N) is 2. The van der Waals surface area contributed by atoms with E-state index in [4.69, 9.17) is 9.15 Å². The summed E-state index contributed by atoms with van der Waals surface area (Å²) >= 11 is 0. The van der Waals surface area contributed by atoms with Crippen LogP contribution in [0.5, 0.6) is 5.75 Å². The molecule has 37 heavy (non-hydrogen) atoms. The van der Waals surface area contributed by atoms with Gasteiger partial charge in [-0.05, 0) is 49.1 Å². The maximum Gasteiger partial charge on any atom is 0.246 e. The van der Waals surface area contributed by atoms with E-state index in [1.54, 1.807) is 13.2 Å². The van der Waals surface area contributed by atoms with Crippen molar-refractivity contribution >= 4 is 22.4 Å². The number of methoxy groups -OCH3 is 1. The first-order valence-corrected chi connectivity index (χ1v) is 12.8. The Kier molecular flexibility index (Phi) is 7.15. The van der Waals surface area contributed by atoms with Gasteiger partial charge in [0.15, 0.2) is 0 Å². The van der Waals surface area contributed by atoms with E-state index in [0.29, 0.717) is 5.75 Å². The topological polar surface area (TPSA) is 45.9 Å². The van der Waals surface area contributed by atoms with Crippen LogP contribution in [-0.4, -0.2) is 49.0 Å². The Labute approximate surface area is 219 Å². The number of rotatable bonds is 6. The number of aryl methyl sites for hydroxylation is 2. The molecule has 0 radical (unpaired) electrons. The minimum Gasteiger partial charge on any atom is -0.496 e. The molecule has 0 saturated carbocycles. The van der Waals surface area contributed by atoms with Crippen LogP contribution in [0.4, 0.5) is 0 Å². The second-order valence-electron chi connectivity index (χ2n) is 9.93. The predicted molar refractivity (Wildman–Crippen MR) is 150 cm³/mol. The van der Waals surface area contributed by atoms with Crippen LogP contribution in [0.1, 0.15) is 29.2 Å². The van der Waals surface area contributed by atoms with Gasteiger partial charge in [0.2, 0.25) is 5.91 Å². The van der Waals surface area contributed by atoms with Gasteiger partial charge in [0, 0.05) is 61.4 Å². The van der Waals surface area contributed by atoms with E-state index < -0.39 is 0 Å². The molecule has 1 aromatic heterocycles. The zero-order valence-electron chi connectivity index (χ0n) is 22.1. The Hall–Kier alpha value is -3.83. The number of hydrogen-bond acceptors (Lipinski definition) is 4. The molecule has 0 atom stereocenters. The van der Waals surface area contributed by atoms with E-state index >= 15 is 0 Å². The number of hydrogen-bond donors (Lipinski definition) is 0. The van der Waals surface area contributed by atoms with Crippen LogP contribution in [0.2, 0.25) is 0 Å². The van der Waals surface area contributed by atoms with Crippen molar-refractivity contribution in [2.45, 2.75) is 27.3 Å². The van der Waals surface area contributed by atoms with Gasteiger partial charge in [-0.25, -0.2) is 0 Å². The molecule has 0 unspecified atom stereocenters. The lowest BCUT2D eigenvalue weighted by Crippen LogP contribution is -2.47. The predicted octanol–water partition coefficient (Wildman–Crippen LogP) is 6.47. The molecule has 5 nitrogen and oxygen atoms in total. The SMILES string of the molecule is COc1cc2occ(-c3ccc(C)cc3C)c2cc1/C(C)=C/C(=O)N1CCN(Cc2ccccc2)CC1. The van der Waals surface area contributed by atoms with E-state index in [-0.39, 0.29) is 5.91 Å². The average Bonchev–Trinajstić information content (AvgIpc) is 3.31. The summed E-state index contributed by atoms with van der Waals surface area (Å²) in [5, 5.41) is 1.01. The van der Waals surface area contributed by atoms with Crippen LogP contribution in [0, 0.1) is 13.8 Å². The van der Waals surface area contributed by atoms with Crippen molar-refractivity contribution in [1.29, 1.82) is 0 Å². The van der Waals surface area contributed by atoms with E-state index in [9.17, 15) is 4.79 Å². The Morgan fingerprint density at radius 1 is 0.973 bits per heavy atom. The van der Waals surface area contributed by atoms with Crippen molar-refractivity contribution in [1.82, 2.24) is 9.80 Å². The van der Waals surface area contributed by atoms with E-state index in [0.717, 1.165) is 66.0 Å². The molecular formula is C32H34N2O3. The molecule has 2 heterocycles. The lowest BCUT2D eigenvalue weighted by atomic mass is 9.96. The number of benzene rings is 3. The number of carbonyl (C=O) groups is 1. The Morgan fingerprint density at radius 2 is 1.73 bits per heavy atom. The molecule has 5 rings (SSSR count). The Bertz CT molecular complexity index is 1440. The van der Waals surface area contributed by atoms with E-state index in [1.165, 1.54) is 16.7 Å². The molecule has 3 aromatic carbocycles. The summed E-state index contributed by atoms with van der Waals surface area (Å²) < 4.78 is 11.6. The van der Waals surface area contributed by atoms with Crippen molar-refractivity contribution < 1.29 is 13.9 Å². The molecule has 0 bridgehead atoms. The summed E-state index contributed by atoms with van der Waals surface area (Å²) in [6.45, 7) is 10.3. The lowest BCUT2D eigenvalue weighted by molar-refractivity contribution is -0.127. The number of piperazine rings is 1. The molecule has 1 fully saturated rings. The fraction of sp³-hybridized carbons (Fsp3) is 0.281. The van der Waals surface area contributed by atoms with Gasteiger partial charge in [-0.15, -0.1) is 0 Å². The number of fused-ring (bicyclic) bond motifs is 1. The molecule has 1 amide bonds. The van der Waals surface area contributed by atoms with Crippen molar-refractivity contribution in [2.24, 2.45) is 0 Å². The highest BCUT2D eigenvalue weighted by molar-refractivity contribution is 6.00. The van der Waals surface area contributed by atoms with Crippen LogP contribution in [0.15, 0.2) is 77.4 Å². The normalized spacial score (nSPS) is 14.8. The van der Waals surface area contributed by atoms with Gasteiger partial charge in [0.25, 0.3) is 0 Å². The van der Waals surface area contributed by atoms with Crippen molar-refractivity contribution in [3.8, 4) is 16.9 Å². The third-order valence-electron chi connectivity index (χ3n) is 7.27. The maximum atomic E-state index is 13.2. The second kappa shape index (κ2) is 10.7. The molecule has 4 aromatic rings. The first kappa shape index (κ1) is 24.8. The van der Waals surface area contributed by atoms with Gasteiger partial charge in [0.1, 0.15) is 11.3 Å². The first-order valence-electron chi connectivity index (χ1n) is 12.8. The summed E-state index contributed by atoms with van der Waals surface area (Å²) in [7, 11) is 1.65. The van der Waals surface area contributed by atoms with Crippen molar-refractivity contribution in [3.05, 3.63) is 95.3 Å². The fourth-order valence-corrected chi connectivity index (χ4v) is 5.18. The molecule has 1 aliphatic rings. The number of ether oxygens (including phenoxy) is 1. The highest BCUT2D eigenvalue weighted by Crippen LogP contribution is 2.38. The Morgan fingerprint density at radius 3 is 2.43 bits per heavy atom. The van der Waals surface area contributed by atoms with Crippen LogP contribution < -0.4 is 4.74 Å². The largest absolute Gasteiger partial charge is 0.496 e. The quantitative estimate of drug-likeness (QED) is 0.288. The van der Waals surface area contributed by atoms with Gasteiger partial charge in [0.05, 0.1) is 13.4 Å². The molecule has 0 spiro atoms. The molecule has 1 aliphatic heterocycles. The van der Waals surface area contributed by atoms with Crippen LogP contribution in [0.25, 0.3) is 27.7 Å². The molecule has 5 heteroatoms. The first-order chi connectivity index (χ1) is 17.9. The summed E-state index contributed by atoms with van der Waals surface area (Å²) in [6.07, 6.45) is 3.55. The molecular weight excluding hydrogens is 460 g/mol. The smallest absolute Gasteiger partial charge is 0.246 e. The van der Waals surface area contributed by atoms with Gasteiger partial charge < -0.3 is 14.1 Å². The number of amides is 1. The number of allylic oxidation sites excluding steroid dienone is 1. The summed E-state index contributed by atoms with van der Waals surface area (Å²) in [6, 6.07) is 20.9. The highest BCUT2D eigenvalue weighted by Gasteiger charge is 2.21.